The molecule has 1 saturated heterocycles. The van der Waals surface area contributed by atoms with Crippen LogP contribution in [0.4, 0.5) is 15.2 Å². The summed E-state index contributed by atoms with van der Waals surface area (Å²) >= 11 is 1.19. The Balaban J connectivity index is 0.00000181. The number of hydrogen-bond acceptors (Lipinski definition) is 6. The Labute approximate surface area is 180 Å². The van der Waals surface area contributed by atoms with Gasteiger partial charge in [-0.1, -0.05) is 12.1 Å². The van der Waals surface area contributed by atoms with Crippen molar-refractivity contribution in [2.45, 2.75) is 23.9 Å². The van der Waals surface area contributed by atoms with Crippen molar-refractivity contribution in [2.75, 3.05) is 16.2 Å². The van der Waals surface area contributed by atoms with Gasteiger partial charge in [-0.25, -0.2) is 17.8 Å². The van der Waals surface area contributed by atoms with Crippen molar-refractivity contribution in [2.24, 2.45) is 0 Å². The number of carbonyl (C=O) groups is 1. The van der Waals surface area contributed by atoms with Crippen LogP contribution in [0.2, 0.25) is 0 Å². The predicted molar refractivity (Wildman–Crippen MR) is 118 cm³/mol. The third-order valence-electron chi connectivity index (χ3n) is 4.78. The summed E-state index contributed by atoms with van der Waals surface area (Å²) in [4.78, 5) is 18.4. The summed E-state index contributed by atoms with van der Waals surface area (Å²) in [6, 6.07) is 12.0. The molecular formula is C20H23FN4O3S2. The first-order valence-corrected chi connectivity index (χ1v) is 11.6. The van der Waals surface area contributed by atoms with Crippen LogP contribution in [0, 0.1) is 5.82 Å². The zero-order chi connectivity index (χ0) is 21.1. The van der Waals surface area contributed by atoms with Crippen LogP contribution >= 0.6 is 11.3 Å². The molecule has 1 aliphatic rings. The van der Waals surface area contributed by atoms with Gasteiger partial charge in [0.05, 0.1) is 10.9 Å². The van der Waals surface area contributed by atoms with E-state index in [-0.39, 0.29) is 25.5 Å². The Bertz CT molecular complexity index is 1130. The first-order chi connectivity index (χ1) is 14.4. The summed E-state index contributed by atoms with van der Waals surface area (Å²) in [5.41, 5.74) is 1.53. The van der Waals surface area contributed by atoms with E-state index in [0.29, 0.717) is 30.3 Å². The fourth-order valence-corrected chi connectivity index (χ4v) is 5.01. The van der Waals surface area contributed by atoms with E-state index in [0.717, 1.165) is 5.56 Å². The zero-order valence-corrected chi connectivity index (χ0v) is 17.4. The number of benzene rings is 2. The van der Waals surface area contributed by atoms with Crippen LogP contribution in [-0.2, 0) is 21.4 Å². The van der Waals surface area contributed by atoms with Crippen molar-refractivity contribution in [3.8, 4) is 0 Å². The van der Waals surface area contributed by atoms with E-state index in [1.807, 2.05) is 0 Å². The molecule has 0 spiro atoms. The minimum atomic E-state index is -3.73. The summed E-state index contributed by atoms with van der Waals surface area (Å²) in [6.45, 7) is 0.994. The third-order valence-corrected chi connectivity index (χ3v) is 6.96. The van der Waals surface area contributed by atoms with E-state index in [1.54, 1.807) is 34.5 Å². The Morgan fingerprint density at radius 1 is 1.17 bits per heavy atom. The summed E-state index contributed by atoms with van der Waals surface area (Å²) in [5.74, 6) is -0.372. The maximum Gasteiger partial charge on any atom is 0.263 e. The number of nitrogens with one attached hydrogen (secondary N) is 2. The molecule has 2 heterocycles. The molecule has 0 radical (unpaired) electrons. The smallest absolute Gasteiger partial charge is 0.263 e. The molecule has 30 heavy (non-hydrogen) atoms. The molecule has 4 rings (SSSR count). The van der Waals surface area contributed by atoms with E-state index < -0.39 is 10.0 Å². The number of sulfonamides is 1. The maximum atomic E-state index is 13.0. The number of thiazole rings is 1. The summed E-state index contributed by atoms with van der Waals surface area (Å²) in [7, 11) is -3.73. The van der Waals surface area contributed by atoms with Crippen LogP contribution in [0.15, 0.2) is 65.0 Å². The summed E-state index contributed by atoms with van der Waals surface area (Å²) < 4.78 is 40.3. The Hall–Kier alpha value is -2.82. The van der Waals surface area contributed by atoms with Crippen LogP contribution in [0.3, 0.4) is 0 Å². The van der Waals surface area contributed by atoms with Crippen molar-refractivity contribution in [1.82, 2.24) is 10.3 Å². The van der Waals surface area contributed by atoms with Crippen LogP contribution < -0.4 is 14.9 Å². The topological polar surface area (TPSA) is 91.4 Å². The van der Waals surface area contributed by atoms with Crippen molar-refractivity contribution < 1.29 is 20.5 Å². The van der Waals surface area contributed by atoms with Crippen molar-refractivity contribution >= 4 is 38.1 Å². The van der Waals surface area contributed by atoms with Crippen molar-refractivity contribution in [3.05, 3.63) is 71.5 Å². The highest BCUT2D eigenvalue weighted by Gasteiger charge is 2.32. The molecule has 0 aliphatic carbocycles. The third kappa shape index (κ3) is 4.50. The van der Waals surface area contributed by atoms with Gasteiger partial charge in [-0.3, -0.25) is 9.52 Å². The zero-order valence-electron chi connectivity index (χ0n) is 15.8. The highest BCUT2D eigenvalue weighted by atomic mass is 32.2. The number of carbonyl (C=O) groups excluding carboxylic acids is 1. The molecule has 3 aromatic rings. The lowest BCUT2D eigenvalue weighted by molar-refractivity contribution is -0.118. The number of rotatable bonds is 7. The van der Waals surface area contributed by atoms with Crippen molar-refractivity contribution in [1.29, 1.82) is 0 Å². The fourth-order valence-electron chi connectivity index (χ4n) is 3.22. The van der Waals surface area contributed by atoms with Crippen LogP contribution in [0.5, 0.6) is 0 Å². The largest absolute Gasteiger partial charge is 0.311 e. The van der Waals surface area contributed by atoms with Gasteiger partial charge >= 0.3 is 0 Å². The van der Waals surface area contributed by atoms with Crippen LogP contribution in [-0.4, -0.2) is 31.9 Å². The van der Waals surface area contributed by atoms with Gasteiger partial charge < -0.3 is 10.2 Å². The lowest BCUT2D eigenvalue weighted by atomic mass is 10.2. The number of halogens is 1. The molecule has 1 atom stereocenters. The molecule has 160 valence electrons. The number of aromatic nitrogens is 1. The molecular weight excluding hydrogens is 427 g/mol. The van der Waals surface area contributed by atoms with E-state index >= 15 is 0 Å². The minimum absolute atomic E-state index is 0. The molecule has 1 aliphatic heterocycles. The lowest BCUT2D eigenvalue weighted by Crippen LogP contribution is -2.38. The van der Waals surface area contributed by atoms with Gasteiger partial charge in [0, 0.05) is 33.2 Å². The highest BCUT2D eigenvalue weighted by Crippen LogP contribution is 2.25. The quantitative estimate of drug-likeness (QED) is 0.575. The second-order valence-electron chi connectivity index (χ2n) is 6.78. The van der Waals surface area contributed by atoms with Gasteiger partial charge in [0.25, 0.3) is 10.0 Å². The molecule has 0 saturated carbocycles. The van der Waals surface area contributed by atoms with Gasteiger partial charge in [0.15, 0.2) is 5.13 Å². The average Bonchev–Trinajstić information content (AvgIpc) is 3.37. The first kappa shape index (κ1) is 20.5. The Kier molecular flexibility index (Phi) is 5.80. The second-order valence-corrected chi connectivity index (χ2v) is 9.35. The summed E-state index contributed by atoms with van der Waals surface area (Å²) in [6.07, 6.45) is 2.15. The average molecular weight is 451 g/mol. The monoisotopic (exact) mass is 450 g/mol. The number of nitrogens with zero attached hydrogens (tertiary/aromatic N) is 2. The predicted octanol–water partition coefficient (Wildman–Crippen LogP) is 3.47. The lowest BCUT2D eigenvalue weighted by Gasteiger charge is -2.18. The van der Waals surface area contributed by atoms with E-state index in [4.69, 9.17) is 0 Å². The molecule has 10 heteroatoms. The molecule has 7 nitrogen and oxygen atoms in total. The van der Waals surface area contributed by atoms with E-state index in [1.165, 1.54) is 41.8 Å². The summed E-state index contributed by atoms with van der Waals surface area (Å²) in [5, 5.41) is 5.18. The molecule has 1 unspecified atom stereocenters. The van der Waals surface area contributed by atoms with E-state index in [9.17, 15) is 17.6 Å². The first-order valence-electron chi connectivity index (χ1n) is 9.24. The molecule has 1 amide bonds. The normalized spacial score (nSPS) is 16.8. The van der Waals surface area contributed by atoms with Crippen molar-refractivity contribution in [3.63, 3.8) is 0 Å². The highest BCUT2D eigenvalue weighted by molar-refractivity contribution is 7.93. The number of anilines is 2. The standard InChI is InChI=1S/C20H19FN4O3S2.2H2/c21-15-3-1-14(2-4-15)13-23-18-9-11-25(19(18)26)16-5-7-17(8-6-16)30(27,28)24-20-22-10-12-29-20;;/h1-8,10,12,18,23H,9,11,13H2,(H,22,24);2*1H. The number of amides is 1. The van der Waals surface area contributed by atoms with Gasteiger partial charge in [0.2, 0.25) is 5.91 Å². The molecule has 2 aromatic carbocycles. The second kappa shape index (κ2) is 8.50. The van der Waals surface area contributed by atoms with Gasteiger partial charge in [-0.2, -0.15) is 0 Å². The van der Waals surface area contributed by atoms with E-state index in [2.05, 4.69) is 15.0 Å². The molecule has 1 aromatic heterocycles. The molecule has 0 bridgehead atoms. The Morgan fingerprint density at radius 3 is 2.57 bits per heavy atom. The van der Waals surface area contributed by atoms with Gasteiger partial charge in [-0.15, -0.1) is 11.3 Å². The van der Waals surface area contributed by atoms with Crippen LogP contribution in [0.25, 0.3) is 0 Å². The fraction of sp³-hybridized carbons (Fsp3) is 0.200. The molecule has 2 N–H and O–H groups in total. The SMILES string of the molecule is O=C1C(NCc2ccc(F)cc2)CCN1c1ccc(S(=O)(=O)Nc2nccs2)cc1.[HH].[HH]. The van der Waals surface area contributed by atoms with Crippen LogP contribution in [0.1, 0.15) is 14.8 Å². The van der Waals surface area contributed by atoms with Gasteiger partial charge in [0.1, 0.15) is 5.82 Å². The minimum Gasteiger partial charge on any atom is -0.311 e. The van der Waals surface area contributed by atoms with Gasteiger partial charge in [-0.05, 0) is 48.4 Å². The number of hydrogen-bond donors (Lipinski definition) is 2. The Morgan fingerprint density at radius 2 is 1.90 bits per heavy atom. The maximum absolute atomic E-state index is 13.0. The molecule has 1 fully saturated rings.